The van der Waals surface area contributed by atoms with Gasteiger partial charge in [0.2, 0.25) is 6.79 Å². The summed E-state index contributed by atoms with van der Waals surface area (Å²) >= 11 is 6.77. The molecule has 192 valence electrons. The number of thiocarbonyl (C=S) groups is 1. The van der Waals surface area contributed by atoms with Crippen molar-refractivity contribution in [1.29, 1.82) is 5.26 Å². The molecule has 2 saturated heterocycles. The number of amides is 1. The Bertz CT molecular complexity index is 1430. The first-order valence-corrected chi connectivity index (χ1v) is 13.1. The van der Waals surface area contributed by atoms with Gasteiger partial charge in [-0.15, -0.1) is 0 Å². The highest BCUT2D eigenvalue weighted by atomic mass is 32.2. The van der Waals surface area contributed by atoms with Crippen LogP contribution in [-0.2, 0) is 23.1 Å². The number of thioether (sulfide) groups is 1. The monoisotopic (exact) mass is 538 g/mol. The molecule has 0 bridgehead atoms. The zero-order chi connectivity index (χ0) is 26.4. The predicted molar refractivity (Wildman–Crippen MR) is 145 cm³/mol. The number of nitrogens with zero attached hydrogens (tertiary/aromatic N) is 4. The number of rotatable bonds is 4. The Kier molecular flexibility index (Phi) is 6.74. The molecule has 0 saturated carbocycles. The van der Waals surface area contributed by atoms with Crippen molar-refractivity contribution in [2.45, 2.75) is 39.5 Å². The first-order valence-electron chi connectivity index (χ1n) is 11.9. The van der Waals surface area contributed by atoms with Crippen molar-refractivity contribution in [2.75, 3.05) is 24.8 Å². The molecule has 1 amide bonds. The summed E-state index contributed by atoms with van der Waals surface area (Å²) in [5.74, 6) is 1.74. The first kappa shape index (κ1) is 25.3. The number of benzene rings is 1. The van der Waals surface area contributed by atoms with E-state index in [9.17, 15) is 14.9 Å². The average molecular weight is 539 g/mol. The van der Waals surface area contributed by atoms with Gasteiger partial charge in [0.05, 0.1) is 23.7 Å². The van der Waals surface area contributed by atoms with Crippen LogP contribution in [0.15, 0.2) is 27.9 Å². The second-order valence-corrected chi connectivity index (χ2v) is 11.0. The number of pyridine rings is 1. The number of carbonyl (C=O) groups is 1. The van der Waals surface area contributed by atoms with Gasteiger partial charge in [-0.1, -0.05) is 30.0 Å². The van der Waals surface area contributed by atoms with Crippen LogP contribution in [0.25, 0.3) is 6.08 Å². The number of ether oxygens (including phenoxy) is 3. The van der Waals surface area contributed by atoms with Crippen LogP contribution in [0.2, 0.25) is 0 Å². The molecule has 2 aromatic rings. The number of fused-ring (bicyclic) bond motifs is 1. The highest BCUT2D eigenvalue weighted by molar-refractivity contribution is 8.26. The molecular weight excluding hydrogens is 512 g/mol. The van der Waals surface area contributed by atoms with Crippen molar-refractivity contribution in [2.24, 2.45) is 7.05 Å². The van der Waals surface area contributed by atoms with Crippen LogP contribution in [-0.4, -0.2) is 51.8 Å². The number of aromatic nitrogens is 1. The van der Waals surface area contributed by atoms with Gasteiger partial charge in [-0.3, -0.25) is 19.1 Å². The Morgan fingerprint density at radius 1 is 1.19 bits per heavy atom. The van der Waals surface area contributed by atoms with E-state index in [-0.39, 0.29) is 36.0 Å². The van der Waals surface area contributed by atoms with Crippen LogP contribution >= 0.6 is 24.0 Å². The molecule has 2 atom stereocenters. The second kappa shape index (κ2) is 9.85. The number of hydrogen-bond donors (Lipinski definition) is 0. The molecule has 9 nitrogen and oxygen atoms in total. The minimum Gasteiger partial charge on any atom is -0.454 e. The lowest BCUT2D eigenvalue weighted by atomic mass is 10.0. The largest absolute Gasteiger partial charge is 0.454 e. The van der Waals surface area contributed by atoms with E-state index in [0.717, 1.165) is 5.56 Å². The topological polar surface area (TPSA) is 97.0 Å². The van der Waals surface area contributed by atoms with Gasteiger partial charge in [-0.05, 0) is 50.1 Å². The van der Waals surface area contributed by atoms with Gasteiger partial charge in [0.15, 0.2) is 11.5 Å². The summed E-state index contributed by atoms with van der Waals surface area (Å²) in [6.07, 6.45) is 1.68. The Labute approximate surface area is 224 Å². The van der Waals surface area contributed by atoms with Gasteiger partial charge in [-0.25, -0.2) is 0 Å². The summed E-state index contributed by atoms with van der Waals surface area (Å²) in [5.41, 5.74) is 1.75. The van der Waals surface area contributed by atoms with Crippen molar-refractivity contribution in [3.8, 4) is 17.6 Å². The fraction of sp³-hybridized carbons (Fsp3) is 0.385. The number of nitriles is 1. The normalized spacial score (nSPS) is 22.2. The van der Waals surface area contributed by atoms with E-state index in [4.69, 9.17) is 26.4 Å². The lowest BCUT2D eigenvalue weighted by molar-refractivity contribution is -0.122. The minimum atomic E-state index is -0.366. The lowest BCUT2D eigenvalue weighted by Gasteiger charge is -2.38. The molecular formula is C26H26N4O5S2. The lowest BCUT2D eigenvalue weighted by Crippen LogP contribution is -2.47. The van der Waals surface area contributed by atoms with E-state index in [1.807, 2.05) is 38.1 Å². The Morgan fingerprint density at radius 3 is 2.59 bits per heavy atom. The number of hydrogen-bond acceptors (Lipinski definition) is 9. The van der Waals surface area contributed by atoms with E-state index in [2.05, 4.69) is 4.90 Å². The fourth-order valence-corrected chi connectivity index (χ4v) is 6.17. The van der Waals surface area contributed by atoms with Gasteiger partial charge in [-0.2, -0.15) is 5.26 Å². The molecule has 2 fully saturated rings. The zero-order valence-electron chi connectivity index (χ0n) is 20.9. The molecule has 3 aliphatic heterocycles. The summed E-state index contributed by atoms with van der Waals surface area (Å²) < 4.78 is 18.7. The SMILES string of the molecule is Cc1c(/C=C2\SC(=S)N(Cc3ccc4c(c3)OCO4)C2=O)c(N2CC(C)OC(C)C2)n(C)c(=O)c1C#N. The van der Waals surface area contributed by atoms with E-state index < -0.39 is 0 Å². The Balaban J connectivity index is 1.53. The summed E-state index contributed by atoms with van der Waals surface area (Å²) in [4.78, 5) is 30.6. The van der Waals surface area contributed by atoms with E-state index in [1.165, 1.54) is 16.3 Å². The number of morpholine rings is 1. The first-order chi connectivity index (χ1) is 17.7. The molecule has 0 spiro atoms. The third kappa shape index (κ3) is 4.61. The van der Waals surface area contributed by atoms with Crippen LogP contribution in [0.5, 0.6) is 11.5 Å². The summed E-state index contributed by atoms with van der Waals surface area (Å²) in [6.45, 7) is 7.34. The molecule has 2 unspecified atom stereocenters. The maximum absolute atomic E-state index is 13.5. The molecule has 0 N–H and O–H groups in total. The van der Waals surface area contributed by atoms with Crippen molar-refractivity contribution >= 4 is 46.1 Å². The highest BCUT2D eigenvalue weighted by Crippen LogP contribution is 2.38. The smallest absolute Gasteiger partial charge is 0.270 e. The van der Waals surface area contributed by atoms with Crippen molar-refractivity contribution in [3.05, 3.63) is 55.7 Å². The molecule has 3 aliphatic rings. The molecule has 4 heterocycles. The maximum atomic E-state index is 13.5. The fourth-order valence-electron chi connectivity index (χ4n) is 4.93. The van der Waals surface area contributed by atoms with E-state index in [1.54, 1.807) is 24.9 Å². The van der Waals surface area contributed by atoms with Gasteiger partial charge in [0, 0.05) is 25.7 Å². The predicted octanol–water partition coefficient (Wildman–Crippen LogP) is 3.31. The molecule has 37 heavy (non-hydrogen) atoms. The summed E-state index contributed by atoms with van der Waals surface area (Å²) in [7, 11) is 1.66. The molecule has 1 aromatic carbocycles. The van der Waals surface area contributed by atoms with Crippen LogP contribution < -0.4 is 19.9 Å². The van der Waals surface area contributed by atoms with Crippen molar-refractivity contribution in [1.82, 2.24) is 9.47 Å². The third-order valence-electron chi connectivity index (χ3n) is 6.61. The van der Waals surface area contributed by atoms with Crippen LogP contribution in [0, 0.1) is 18.3 Å². The van der Waals surface area contributed by atoms with Gasteiger partial charge in [0.1, 0.15) is 21.8 Å². The third-order valence-corrected chi connectivity index (χ3v) is 7.99. The molecule has 1 aromatic heterocycles. The highest BCUT2D eigenvalue weighted by Gasteiger charge is 2.34. The summed E-state index contributed by atoms with van der Waals surface area (Å²) in [6, 6.07) is 7.59. The minimum absolute atomic E-state index is 0.0393. The number of anilines is 1. The zero-order valence-corrected chi connectivity index (χ0v) is 22.6. The van der Waals surface area contributed by atoms with Crippen LogP contribution in [0.3, 0.4) is 0 Å². The van der Waals surface area contributed by atoms with Crippen LogP contribution in [0.4, 0.5) is 5.82 Å². The molecule has 11 heteroatoms. The van der Waals surface area contributed by atoms with Gasteiger partial charge in [0.25, 0.3) is 11.5 Å². The van der Waals surface area contributed by atoms with Crippen molar-refractivity contribution < 1.29 is 19.0 Å². The van der Waals surface area contributed by atoms with Gasteiger partial charge >= 0.3 is 0 Å². The summed E-state index contributed by atoms with van der Waals surface area (Å²) in [5, 5.41) is 9.72. The molecule has 0 radical (unpaired) electrons. The quantitative estimate of drug-likeness (QED) is 0.429. The maximum Gasteiger partial charge on any atom is 0.270 e. The van der Waals surface area contributed by atoms with E-state index >= 15 is 0 Å². The van der Waals surface area contributed by atoms with E-state index in [0.29, 0.717) is 57.3 Å². The Hall–Kier alpha value is -3.33. The average Bonchev–Trinajstić information content (AvgIpc) is 3.42. The van der Waals surface area contributed by atoms with Gasteiger partial charge < -0.3 is 19.1 Å². The van der Waals surface area contributed by atoms with Crippen molar-refractivity contribution in [3.63, 3.8) is 0 Å². The standard InChI is InChI=1S/C26H26N4O5S2/c1-14-10-29(11-15(2)35-14)23-18(16(3)19(9-27)24(31)28(23)4)8-22-25(32)30(26(36)37-22)12-17-5-6-20-21(7-17)34-13-33-20/h5-8,14-15H,10-13H2,1-4H3/b22-8-. The molecule has 0 aliphatic carbocycles. The number of carbonyl (C=O) groups excluding carboxylic acids is 1. The Morgan fingerprint density at radius 2 is 1.89 bits per heavy atom. The van der Waals surface area contributed by atoms with Crippen LogP contribution in [0.1, 0.15) is 36.1 Å². The molecule has 5 rings (SSSR count). The second-order valence-electron chi connectivity index (χ2n) is 9.33.